The van der Waals surface area contributed by atoms with E-state index in [1.54, 1.807) is 13.1 Å². The molecule has 0 radical (unpaired) electrons. The van der Waals surface area contributed by atoms with Crippen LogP contribution in [0.4, 0.5) is 0 Å². The summed E-state index contributed by atoms with van der Waals surface area (Å²) in [6.45, 7) is 4.26. The number of pyridine rings is 1. The second-order valence-corrected chi connectivity index (χ2v) is 6.02. The lowest BCUT2D eigenvalue weighted by molar-refractivity contribution is -0.117. The Balaban J connectivity index is 1.89. The van der Waals surface area contributed by atoms with Crippen molar-refractivity contribution in [2.24, 2.45) is 5.92 Å². The Hall–Kier alpha value is -2.46. The third-order valence-electron chi connectivity index (χ3n) is 3.85. The fourth-order valence-corrected chi connectivity index (χ4v) is 2.37. The average molecular weight is 324 g/mol. The van der Waals surface area contributed by atoms with Gasteiger partial charge in [0, 0.05) is 36.5 Å². The second kappa shape index (κ2) is 8.99. The SMILES string of the molecule is C/C(=C/c1ccc(C)cc1)C(=O)NCC(CO)Cc1ccccn1. The first-order chi connectivity index (χ1) is 11.6. The third-order valence-corrected chi connectivity index (χ3v) is 3.85. The first kappa shape index (κ1) is 17.9. The van der Waals surface area contributed by atoms with Crippen molar-refractivity contribution in [1.82, 2.24) is 10.3 Å². The molecule has 2 rings (SSSR count). The molecule has 1 atom stereocenters. The van der Waals surface area contributed by atoms with Gasteiger partial charge in [0.15, 0.2) is 0 Å². The number of hydrogen-bond donors (Lipinski definition) is 2. The number of aliphatic hydroxyl groups excluding tert-OH is 1. The molecule has 1 heterocycles. The first-order valence-corrected chi connectivity index (χ1v) is 8.12. The minimum absolute atomic E-state index is 0.0115. The van der Waals surface area contributed by atoms with E-state index in [9.17, 15) is 9.90 Å². The van der Waals surface area contributed by atoms with Gasteiger partial charge >= 0.3 is 0 Å². The number of aryl methyl sites for hydroxylation is 1. The number of nitrogens with one attached hydrogen (secondary N) is 1. The number of carbonyl (C=O) groups excluding carboxylic acids is 1. The maximum absolute atomic E-state index is 12.2. The van der Waals surface area contributed by atoms with Gasteiger partial charge in [-0.05, 0) is 44.0 Å². The van der Waals surface area contributed by atoms with Crippen LogP contribution >= 0.6 is 0 Å². The minimum atomic E-state index is -0.116. The van der Waals surface area contributed by atoms with E-state index < -0.39 is 0 Å². The van der Waals surface area contributed by atoms with Gasteiger partial charge in [0.05, 0.1) is 0 Å². The van der Waals surface area contributed by atoms with Crippen LogP contribution in [-0.4, -0.2) is 29.1 Å². The molecule has 4 heteroatoms. The molecule has 2 N–H and O–H groups in total. The maximum Gasteiger partial charge on any atom is 0.246 e. The number of aromatic nitrogens is 1. The molecule has 24 heavy (non-hydrogen) atoms. The van der Waals surface area contributed by atoms with Crippen LogP contribution < -0.4 is 5.32 Å². The quantitative estimate of drug-likeness (QED) is 0.770. The molecule has 0 saturated heterocycles. The number of amides is 1. The van der Waals surface area contributed by atoms with Crippen molar-refractivity contribution in [3.05, 3.63) is 71.1 Å². The standard InChI is InChI=1S/C20H24N2O2/c1-15-6-8-17(9-7-15)11-16(2)20(24)22-13-18(14-23)12-19-5-3-4-10-21-19/h3-11,18,23H,12-14H2,1-2H3,(H,22,24)/b16-11-. The van der Waals surface area contributed by atoms with E-state index in [0.717, 1.165) is 11.3 Å². The normalized spacial score (nSPS) is 12.7. The summed E-state index contributed by atoms with van der Waals surface area (Å²) in [4.78, 5) is 16.5. The molecule has 4 nitrogen and oxygen atoms in total. The summed E-state index contributed by atoms with van der Waals surface area (Å²) in [6.07, 6.45) is 4.23. The number of benzene rings is 1. The van der Waals surface area contributed by atoms with E-state index in [1.807, 2.05) is 55.5 Å². The zero-order valence-corrected chi connectivity index (χ0v) is 14.2. The monoisotopic (exact) mass is 324 g/mol. The van der Waals surface area contributed by atoms with Crippen molar-refractivity contribution in [2.45, 2.75) is 20.3 Å². The van der Waals surface area contributed by atoms with E-state index in [2.05, 4.69) is 10.3 Å². The molecular weight excluding hydrogens is 300 g/mol. The lowest BCUT2D eigenvalue weighted by Gasteiger charge is -2.15. The summed E-state index contributed by atoms with van der Waals surface area (Å²) in [5.41, 5.74) is 3.75. The summed E-state index contributed by atoms with van der Waals surface area (Å²) in [6, 6.07) is 13.7. The summed E-state index contributed by atoms with van der Waals surface area (Å²) < 4.78 is 0. The van der Waals surface area contributed by atoms with Crippen molar-refractivity contribution in [2.75, 3.05) is 13.2 Å². The highest BCUT2D eigenvalue weighted by Crippen LogP contribution is 2.09. The van der Waals surface area contributed by atoms with Crippen LogP contribution in [0.5, 0.6) is 0 Å². The van der Waals surface area contributed by atoms with Gasteiger partial charge in [-0.2, -0.15) is 0 Å². The fraction of sp³-hybridized carbons (Fsp3) is 0.300. The van der Waals surface area contributed by atoms with Crippen molar-refractivity contribution in [1.29, 1.82) is 0 Å². The maximum atomic E-state index is 12.2. The molecule has 1 amide bonds. The van der Waals surface area contributed by atoms with Gasteiger partial charge in [-0.1, -0.05) is 35.9 Å². The van der Waals surface area contributed by atoms with Crippen molar-refractivity contribution >= 4 is 12.0 Å². The Kier molecular flexibility index (Phi) is 6.70. The van der Waals surface area contributed by atoms with Crippen molar-refractivity contribution < 1.29 is 9.90 Å². The Bertz CT molecular complexity index is 679. The molecule has 0 aliphatic heterocycles. The Morgan fingerprint density at radius 3 is 2.62 bits per heavy atom. The molecule has 0 saturated carbocycles. The van der Waals surface area contributed by atoms with Gasteiger partial charge in [-0.25, -0.2) is 0 Å². The van der Waals surface area contributed by atoms with Crippen LogP contribution in [0.15, 0.2) is 54.2 Å². The van der Waals surface area contributed by atoms with Crippen molar-refractivity contribution in [3.8, 4) is 0 Å². The highest BCUT2D eigenvalue weighted by molar-refractivity contribution is 5.97. The van der Waals surface area contributed by atoms with E-state index in [4.69, 9.17) is 0 Å². The summed E-state index contributed by atoms with van der Waals surface area (Å²) in [5.74, 6) is -0.161. The molecule has 0 spiro atoms. The minimum Gasteiger partial charge on any atom is -0.396 e. The zero-order valence-electron chi connectivity index (χ0n) is 14.2. The van der Waals surface area contributed by atoms with Gasteiger partial charge in [-0.3, -0.25) is 9.78 Å². The number of nitrogens with zero attached hydrogens (tertiary/aromatic N) is 1. The lowest BCUT2D eigenvalue weighted by atomic mass is 10.0. The number of carbonyl (C=O) groups is 1. The highest BCUT2D eigenvalue weighted by Gasteiger charge is 2.12. The molecule has 0 fully saturated rings. The van der Waals surface area contributed by atoms with E-state index in [1.165, 1.54) is 5.56 Å². The van der Waals surface area contributed by atoms with E-state index >= 15 is 0 Å². The van der Waals surface area contributed by atoms with Crippen LogP contribution in [0.2, 0.25) is 0 Å². The van der Waals surface area contributed by atoms with Gasteiger partial charge < -0.3 is 10.4 Å². The number of aliphatic hydroxyl groups is 1. The van der Waals surface area contributed by atoms with Crippen LogP contribution in [0, 0.1) is 12.8 Å². The number of hydrogen-bond acceptors (Lipinski definition) is 3. The number of rotatable bonds is 7. The molecule has 1 aromatic heterocycles. The predicted molar refractivity (Wildman–Crippen MR) is 96.4 cm³/mol. The van der Waals surface area contributed by atoms with Crippen LogP contribution in [0.3, 0.4) is 0 Å². The lowest BCUT2D eigenvalue weighted by Crippen LogP contribution is -2.32. The van der Waals surface area contributed by atoms with Crippen LogP contribution in [0.1, 0.15) is 23.7 Å². The Morgan fingerprint density at radius 1 is 1.25 bits per heavy atom. The molecule has 1 unspecified atom stereocenters. The molecular formula is C20H24N2O2. The Labute approximate surface area is 143 Å². The molecule has 0 bridgehead atoms. The molecule has 2 aromatic rings. The predicted octanol–water partition coefficient (Wildman–Crippen LogP) is 2.76. The smallest absolute Gasteiger partial charge is 0.246 e. The highest BCUT2D eigenvalue weighted by atomic mass is 16.3. The fourth-order valence-electron chi connectivity index (χ4n) is 2.37. The van der Waals surface area contributed by atoms with Crippen LogP contribution in [-0.2, 0) is 11.2 Å². The van der Waals surface area contributed by atoms with Gasteiger partial charge in [0.2, 0.25) is 5.91 Å². The molecule has 0 aliphatic carbocycles. The molecule has 126 valence electrons. The summed E-state index contributed by atoms with van der Waals surface area (Å²) in [5, 5.41) is 12.4. The second-order valence-electron chi connectivity index (χ2n) is 6.02. The first-order valence-electron chi connectivity index (χ1n) is 8.12. The van der Waals surface area contributed by atoms with E-state index in [-0.39, 0.29) is 18.4 Å². The molecule has 1 aromatic carbocycles. The zero-order chi connectivity index (χ0) is 17.4. The summed E-state index contributed by atoms with van der Waals surface area (Å²) >= 11 is 0. The topological polar surface area (TPSA) is 62.2 Å². The van der Waals surface area contributed by atoms with Crippen LogP contribution in [0.25, 0.3) is 6.08 Å². The Morgan fingerprint density at radius 2 is 2.00 bits per heavy atom. The largest absolute Gasteiger partial charge is 0.396 e. The molecule has 0 aliphatic rings. The summed E-state index contributed by atoms with van der Waals surface area (Å²) in [7, 11) is 0. The van der Waals surface area contributed by atoms with Crippen molar-refractivity contribution in [3.63, 3.8) is 0 Å². The average Bonchev–Trinajstić information content (AvgIpc) is 2.61. The van der Waals surface area contributed by atoms with Gasteiger partial charge in [0.25, 0.3) is 0 Å². The van der Waals surface area contributed by atoms with Gasteiger partial charge in [0.1, 0.15) is 0 Å². The van der Waals surface area contributed by atoms with E-state index in [0.29, 0.717) is 18.5 Å². The third kappa shape index (κ3) is 5.63. The van der Waals surface area contributed by atoms with Gasteiger partial charge in [-0.15, -0.1) is 0 Å².